The highest BCUT2D eigenvalue weighted by atomic mass is 16.8. The summed E-state index contributed by atoms with van der Waals surface area (Å²) in [7, 11) is 0. The summed E-state index contributed by atoms with van der Waals surface area (Å²) in [5.41, 5.74) is 1.97. The number of esters is 1. The number of benzene rings is 2. The van der Waals surface area contributed by atoms with Crippen LogP contribution in [0.25, 0.3) is 6.08 Å². The minimum Gasteiger partial charge on any atom is -0.444 e. The van der Waals surface area contributed by atoms with Crippen molar-refractivity contribution in [2.75, 3.05) is 0 Å². The summed E-state index contributed by atoms with van der Waals surface area (Å²) >= 11 is 0. The number of rotatable bonds is 3. The van der Waals surface area contributed by atoms with Crippen LogP contribution < -0.4 is 0 Å². The quantitative estimate of drug-likeness (QED) is 0.637. The molecule has 3 rings (SSSR count). The summed E-state index contributed by atoms with van der Waals surface area (Å²) in [5.74, 6) is -1.11. The average Bonchev–Trinajstić information content (AvgIpc) is 2.75. The van der Waals surface area contributed by atoms with Gasteiger partial charge in [0.15, 0.2) is 0 Å². The Kier molecular flexibility index (Phi) is 3.48. The van der Waals surface area contributed by atoms with Crippen LogP contribution in [0.3, 0.4) is 0 Å². The van der Waals surface area contributed by atoms with Gasteiger partial charge in [0.25, 0.3) is 5.79 Å². The zero-order chi connectivity index (χ0) is 14.7. The molecule has 106 valence electrons. The van der Waals surface area contributed by atoms with Crippen LogP contribution in [0.4, 0.5) is 0 Å². The van der Waals surface area contributed by atoms with Crippen molar-refractivity contribution in [2.24, 2.45) is 0 Å². The largest absolute Gasteiger partial charge is 0.444 e. The van der Waals surface area contributed by atoms with E-state index in [1.165, 1.54) is 0 Å². The van der Waals surface area contributed by atoms with Gasteiger partial charge in [0, 0.05) is 13.3 Å². The van der Waals surface area contributed by atoms with Crippen molar-refractivity contribution in [2.45, 2.75) is 19.1 Å². The Hall–Kier alpha value is -2.55. The van der Waals surface area contributed by atoms with E-state index >= 15 is 0 Å². The molecular weight excluding hydrogens is 264 g/mol. The molecular formula is C18H16O3. The second kappa shape index (κ2) is 5.44. The Bertz CT molecular complexity index is 661. The van der Waals surface area contributed by atoms with Crippen LogP contribution in [0.1, 0.15) is 18.1 Å². The predicted octanol–water partition coefficient (Wildman–Crippen LogP) is 3.56. The van der Waals surface area contributed by atoms with E-state index in [1.54, 1.807) is 13.0 Å². The molecule has 3 heteroatoms. The van der Waals surface area contributed by atoms with Crippen LogP contribution in [0.2, 0.25) is 0 Å². The fourth-order valence-electron chi connectivity index (χ4n) is 2.37. The molecule has 21 heavy (non-hydrogen) atoms. The maximum atomic E-state index is 12.0. The molecule has 0 N–H and O–H groups in total. The number of ether oxygens (including phenoxy) is 2. The van der Waals surface area contributed by atoms with E-state index in [9.17, 15) is 4.79 Å². The Morgan fingerprint density at radius 1 is 0.952 bits per heavy atom. The molecule has 2 aromatic rings. The number of hydrogen-bond donors (Lipinski definition) is 0. The third-order valence-electron chi connectivity index (χ3n) is 3.30. The minimum atomic E-state index is -0.945. The SMILES string of the molecule is C[C@@]1(Cc2ccccc2)OC(=O)/C(=C/c2ccccc2)O1. The number of cyclic esters (lactones) is 1. The van der Waals surface area contributed by atoms with Crippen molar-refractivity contribution >= 4 is 12.0 Å². The van der Waals surface area contributed by atoms with Crippen LogP contribution in [0.5, 0.6) is 0 Å². The summed E-state index contributed by atoms with van der Waals surface area (Å²) in [6.07, 6.45) is 2.23. The van der Waals surface area contributed by atoms with E-state index in [2.05, 4.69) is 0 Å². The Balaban J connectivity index is 1.79. The lowest BCUT2D eigenvalue weighted by Crippen LogP contribution is -2.28. The van der Waals surface area contributed by atoms with Gasteiger partial charge in [-0.15, -0.1) is 0 Å². The zero-order valence-electron chi connectivity index (χ0n) is 11.8. The first kappa shape index (κ1) is 13.4. The molecule has 1 heterocycles. The van der Waals surface area contributed by atoms with Crippen molar-refractivity contribution in [3.05, 3.63) is 77.5 Å². The van der Waals surface area contributed by atoms with Crippen molar-refractivity contribution < 1.29 is 14.3 Å². The first-order chi connectivity index (χ1) is 10.1. The van der Waals surface area contributed by atoms with Gasteiger partial charge < -0.3 is 9.47 Å². The minimum absolute atomic E-state index is 0.250. The van der Waals surface area contributed by atoms with Crippen molar-refractivity contribution in [3.63, 3.8) is 0 Å². The maximum Gasteiger partial charge on any atom is 0.377 e. The Morgan fingerprint density at radius 2 is 1.57 bits per heavy atom. The molecule has 1 atom stereocenters. The van der Waals surface area contributed by atoms with E-state index in [0.717, 1.165) is 11.1 Å². The van der Waals surface area contributed by atoms with Crippen molar-refractivity contribution in [3.8, 4) is 0 Å². The summed E-state index contributed by atoms with van der Waals surface area (Å²) < 4.78 is 11.2. The van der Waals surface area contributed by atoms with Gasteiger partial charge in [-0.25, -0.2) is 4.79 Å². The fraction of sp³-hybridized carbons (Fsp3) is 0.167. The highest BCUT2D eigenvalue weighted by Crippen LogP contribution is 2.31. The lowest BCUT2D eigenvalue weighted by molar-refractivity contribution is -0.164. The maximum absolute atomic E-state index is 12.0. The van der Waals surface area contributed by atoms with Gasteiger partial charge in [-0.1, -0.05) is 60.7 Å². The Morgan fingerprint density at radius 3 is 2.24 bits per heavy atom. The first-order valence-corrected chi connectivity index (χ1v) is 6.88. The first-order valence-electron chi connectivity index (χ1n) is 6.88. The third-order valence-corrected chi connectivity index (χ3v) is 3.30. The number of carbonyl (C=O) groups excluding carboxylic acids is 1. The molecule has 1 saturated heterocycles. The van der Waals surface area contributed by atoms with Crippen LogP contribution in [0.15, 0.2) is 66.4 Å². The van der Waals surface area contributed by atoms with E-state index in [0.29, 0.717) is 6.42 Å². The predicted molar refractivity (Wildman–Crippen MR) is 80.1 cm³/mol. The average molecular weight is 280 g/mol. The van der Waals surface area contributed by atoms with E-state index in [4.69, 9.17) is 9.47 Å². The van der Waals surface area contributed by atoms with Crippen molar-refractivity contribution in [1.29, 1.82) is 0 Å². The van der Waals surface area contributed by atoms with E-state index in [1.807, 2.05) is 60.7 Å². The molecule has 0 aliphatic carbocycles. The third kappa shape index (κ3) is 3.14. The van der Waals surface area contributed by atoms with Crippen LogP contribution in [-0.2, 0) is 20.7 Å². The lowest BCUT2D eigenvalue weighted by Gasteiger charge is -2.21. The van der Waals surface area contributed by atoms with Gasteiger partial charge in [-0.05, 0) is 17.2 Å². The van der Waals surface area contributed by atoms with Gasteiger partial charge in [0.1, 0.15) is 0 Å². The van der Waals surface area contributed by atoms with Crippen LogP contribution in [-0.4, -0.2) is 11.8 Å². The smallest absolute Gasteiger partial charge is 0.377 e. The molecule has 0 spiro atoms. The van der Waals surface area contributed by atoms with Crippen LogP contribution >= 0.6 is 0 Å². The molecule has 3 nitrogen and oxygen atoms in total. The fourth-order valence-corrected chi connectivity index (χ4v) is 2.37. The molecule has 1 aliphatic rings. The molecule has 0 radical (unpaired) electrons. The molecule has 0 aromatic heterocycles. The van der Waals surface area contributed by atoms with E-state index < -0.39 is 11.8 Å². The number of hydrogen-bond acceptors (Lipinski definition) is 3. The molecule has 1 fully saturated rings. The summed E-state index contributed by atoms with van der Waals surface area (Å²) in [6.45, 7) is 1.78. The highest BCUT2D eigenvalue weighted by Gasteiger charge is 2.41. The van der Waals surface area contributed by atoms with Gasteiger partial charge in [0.05, 0.1) is 0 Å². The Labute approximate surface area is 123 Å². The molecule has 2 aromatic carbocycles. The molecule has 0 unspecified atom stereocenters. The summed E-state index contributed by atoms with van der Waals surface area (Å²) in [6, 6.07) is 19.4. The molecule has 0 amide bonds. The number of carbonyl (C=O) groups is 1. The highest BCUT2D eigenvalue weighted by molar-refractivity contribution is 5.93. The van der Waals surface area contributed by atoms with E-state index in [-0.39, 0.29) is 5.76 Å². The monoisotopic (exact) mass is 280 g/mol. The van der Waals surface area contributed by atoms with Gasteiger partial charge >= 0.3 is 5.97 Å². The molecule has 0 saturated carbocycles. The van der Waals surface area contributed by atoms with Gasteiger partial charge in [-0.2, -0.15) is 0 Å². The lowest BCUT2D eigenvalue weighted by atomic mass is 10.1. The second-order valence-electron chi connectivity index (χ2n) is 5.21. The topological polar surface area (TPSA) is 35.5 Å². The summed E-state index contributed by atoms with van der Waals surface area (Å²) in [4.78, 5) is 12.0. The summed E-state index contributed by atoms with van der Waals surface area (Å²) in [5, 5.41) is 0. The van der Waals surface area contributed by atoms with Crippen LogP contribution in [0, 0.1) is 0 Å². The van der Waals surface area contributed by atoms with Crippen molar-refractivity contribution in [1.82, 2.24) is 0 Å². The normalized spacial score (nSPS) is 22.9. The zero-order valence-corrected chi connectivity index (χ0v) is 11.8. The van der Waals surface area contributed by atoms with Gasteiger partial charge in [-0.3, -0.25) is 0 Å². The second-order valence-corrected chi connectivity index (χ2v) is 5.21. The van der Waals surface area contributed by atoms with Gasteiger partial charge in [0.2, 0.25) is 5.76 Å². The standard InChI is InChI=1S/C18H16O3/c1-18(13-15-10-6-3-7-11-15)20-16(17(19)21-18)12-14-8-4-2-5-9-14/h2-12H,13H2,1H3/b16-12-/t18-/m0/s1. The molecule has 0 bridgehead atoms. The molecule has 1 aliphatic heterocycles.